The predicted octanol–water partition coefficient (Wildman–Crippen LogP) is 2.72. The van der Waals surface area contributed by atoms with E-state index in [-0.39, 0.29) is 0 Å². The van der Waals surface area contributed by atoms with E-state index in [1.807, 2.05) is 6.07 Å². The predicted molar refractivity (Wildman–Crippen MR) is 56.2 cm³/mol. The van der Waals surface area contributed by atoms with Crippen LogP contribution in [0.1, 0.15) is 29.9 Å². The van der Waals surface area contributed by atoms with E-state index in [4.69, 9.17) is 17.3 Å². The topological polar surface area (TPSA) is 26.0 Å². The molecule has 1 aliphatic rings. The molecule has 70 valence electrons. The first-order valence-corrected chi connectivity index (χ1v) is 5.17. The van der Waals surface area contributed by atoms with Crippen molar-refractivity contribution in [3.63, 3.8) is 0 Å². The zero-order valence-corrected chi connectivity index (χ0v) is 8.35. The van der Waals surface area contributed by atoms with Gasteiger partial charge in [0.2, 0.25) is 0 Å². The zero-order chi connectivity index (χ0) is 9.26. The van der Waals surface area contributed by atoms with Crippen LogP contribution in [0.2, 0.25) is 5.02 Å². The third-order valence-electron chi connectivity index (χ3n) is 2.83. The minimum atomic E-state index is 0.652. The quantitative estimate of drug-likeness (QED) is 0.772. The van der Waals surface area contributed by atoms with Gasteiger partial charge in [0.1, 0.15) is 0 Å². The number of aryl methyl sites for hydroxylation is 1. The van der Waals surface area contributed by atoms with Crippen molar-refractivity contribution in [2.45, 2.75) is 25.2 Å². The summed E-state index contributed by atoms with van der Waals surface area (Å²) in [5.41, 5.74) is 8.46. The van der Waals surface area contributed by atoms with Crippen LogP contribution >= 0.6 is 11.6 Å². The van der Waals surface area contributed by atoms with Gasteiger partial charge in [0.05, 0.1) is 0 Å². The lowest BCUT2D eigenvalue weighted by Crippen LogP contribution is -2.04. The first kappa shape index (κ1) is 9.04. The van der Waals surface area contributed by atoms with Crippen LogP contribution in [0, 0.1) is 0 Å². The summed E-state index contributed by atoms with van der Waals surface area (Å²) in [6.45, 7) is 0.774. The number of fused-ring (bicyclic) bond motifs is 1. The standard InChI is InChI=1S/C11H14ClN/c12-10-4-3-8-1-2-9(5-6-13)11(8)7-10/h3-4,7,9H,1-2,5-6,13H2. The molecule has 0 radical (unpaired) electrons. The maximum atomic E-state index is 5.96. The molecule has 0 bridgehead atoms. The molecular weight excluding hydrogens is 182 g/mol. The fourth-order valence-electron chi connectivity index (χ4n) is 2.16. The van der Waals surface area contributed by atoms with Crippen LogP contribution in [0.25, 0.3) is 0 Å². The molecule has 0 heterocycles. The van der Waals surface area contributed by atoms with E-state index in [0.717, 1.165) is 18.0 Å². The molecule has 0 fully saturated rings. The second-order valence-corrected chi connectivity index (χ2v) is 4.09. The van der Waals surface area contributed by atoms with Crippen molar-refractivity contribution >= 4 is 11.6 Å². The monoisotopic (exact) mass is 195 g/mol. The van der Waals surface area contributed by atoms with E-state index >= 15 is 0 Å². The highest BCUT2D eigenvalue weighted by molar-refractivity contribution is 6.30. The second kappa shape index (κ2) is 3.69. The lowest BCUT2D eigenvalue weighted by molar-refractivity contribution is 0.627. The van der Waals surface area contributed by atoms with Crippen molar-refractivity contribution in [1.29, 1.82) is 0 Å². The van der Waals surface area contributed by atoms with Gasteiger partial charge >= 0.3 is 0 Å². The Labute approximate surface area is 83.9 Å². The number of hydrogen-bond donors (Lipinski definition) is 1. The molecule has 13 heavy (non-hydrogen) atoms. The fourth-order valence-corrected chi connectivity index (χ4v) is 2.34. The Hall–Kier alpha value is -0.530. The first-order chi connectivity index (χ1) is 6.31. The van der Waals surface area contributed by atoms with Crippen molar-refractivity contribution < 1.29 is 0 Å². The van der Waals surface area contributed by atoms with Crippen LogP contribution in [-0.4, -0.2) is 6.54 Å². The van der Waals surface area contributed by atoms with Crippen molar-refractivity contribution in [3.05, 3.63) is 34.3 Å². The van der Waals surface area contributed by atoms with E-state index in [1.54, 1.807) is 0 Å². The highest BCUT2D eigenvalue weighted by Gasteiger charge is 2.21. The van der Waals surface area contributed by atoms with Gasteiger partial charge in [-0.2, -0.15) is 0 Å². The SMILES string of the molecule is NCCC1CCc2ccc(Cl)cc21. The molecule has 0 saturated carbocycles. The van der Waals surface area contributed by atoms with Crippen molar-refractivity contribution in [2.24, 2.45) is 5.73 Å². The zero-order valence-electron chi connectivity index (χ0n) is 7.59. The smallest absolute Gasteiger partial charge is 0.0409 e. The molecule has 0 spiro atoms. The van der Waals surface area contributed by atoms with Crippen LogP contribution in [0.3, 0.4) is 0 Å². The molecule has 1 nitrogen and oxygen atoms in total. The fraction of sp³-hybridized carbons (Fsp3) is 0.455. The normalized spacial score (nSPS) is 20.3. The summed E-state index contributed by atoms with van der Waals surface area (Å²) in [4.78, 5) is 0. The molecule has 2 rings (SSSR count). The van der Waals surface area contributed by atoms with E-state index in [2.05, 4.69) is 12.1 Å². The van der Waals surface area contributed by atoms with Crippen molar-refractivity contribution in [3.8, 4) is 0 Å². The summed E-state index contributed by atoms with van der Waals surface area (Å²) in [7, 11) is 0. The molecule has 1 aromatic carbocycles. The Bertz CT molecular complexity index is 307. The molecule has 2 heteroatoms. The summed E-state index contributed by atoms with van der Waals surface area (Å²) in [6, 6.07) is 6.23. The number of benzene rings is 1. The largest absolute Gasteiger partial charge is 0.330 e. The summed E-state index contributed by atoms with van der Waals surface area (Å²) in [5, 5.41) is 0.850. The van der Waals surface area contributed by atoms with Gasteiger partial charge in [-0.15, -0.1) is 0 Å². The molecule has 0 aromatic heterocycles. The lowest BCUT2D eigenvalue weighted by Gasteiger charge is -2.09. The average Bonchev–Trinajstić information content (AvgIpc) is 2.49. The Kier molecular flexibility index (Phi) is 2.56. The van der Waals surface area contributed by atoms with Crippen molar-refractivity contribution in [2.75, 3.05) is 6.54 Å². The van der Waals surface area contributed by atoms with Gasteiger partial charge in [-0.1, -0.05) is 17.7 Å². The van der Waals surface area contributed by atoms with Crippen LogP contribution in [-0.2, 0) is 6.42 Å². The van der Waals surface area contributed by atoms with E-state index in [9.17, 15) is 0 Å². The number of hydrogen-bond acceptors (Lipinski definition) is 1. The molecule has 2 N–H and O–H groups in total. The molecule has 1 atom stereocenters. The molecule has 0 aliphatic heterocycles. The van der Waals surface area contributed by atoms with Crippen LogP contribution in [0.15, 0.2) is 18.2 Å². The van der Waals surface area contributed by atoms with Gasteiger partial charge in [-0.05, 0) is 55.0 Å². The van der Waals surface area contributed by atoms with E-state index in [1.165, 1.54) is 24.0 Å². The maximum absolute atomic E-state index is 5.96. The Morgan fingerprint density at radius 1 is 1.46 bits per heavy atom. The molecule has 0 amide bonds. The minimum absolute atomic E-state index is 0.652. The average molecular weight is 196 g/mol. The van der Waals surface area contributed by atoms with Crippen LogP contribution in [0.5, 0.6) is 0 Å². The van der Waals surface area contributed by atoms with Crippen LogP contribution < -0.4 is 5.73 Å². The van der Waals surface area contributed by atoms with E-state index < -0.39 is 0 Å². The van der Waals surface area contributed by atoms with Gasteiger partial charge in [-0.25, -0.2) is 0 Å². The Morgan fingerprint density at radius 3 is 3.08 bits per heavy atom. The van der Waals surface area contributed by atoms with Gasteiger partial charge in [0.25, 0.3) is 0 Å². The lowest BCUT2D eigenvalue weighted by atomic mass is 9.98. The van der Waals surface area contributed by atoms with Gasteiger partial charge in [0.15, 0.2) is 0 Å². The Morgan fingerprint density at radius 2 is 2.31 bits per heavy atom. The highest BCUT2D eigenvalue weighted by atomic mass is 35.5. The summed E-state index contributed by atoms with van der Waals surface area (Å²) in [5.74, 6) is 0.652. The number of nitrogens with two attached hydrogens (primary N) is 1. The molecule has 0 saturated heterocycles. The molecule has 1 aromatic rings. The molecular formula is C11H14ClN. The summed E-state index contributed by atoms with van der Waals surface area (Å²) < 4.78 is 0. The number of halogens is 1. The summed E-state index contributed by atoms with van der Waals surface area (Å²) in [6.07, 6.45) is 3.53. The molecule has 1 aliphatic carbocycles. The Balaban J connectivity index is 2.29. The van der Waals surface area contributed by atoms with E-state index in [0.29, 0.717) is 5.92 Å². The number of rotatable bonds is 2. The molecule has 1 unspecified atom stereocenters. The van der Waals surface area contributed by atoms with Gasteiger partial charge < -0.3 is 5.73 Å². The minimum Gasteiger partial charge on any atom is -0.330 e. The second-order valence-electron chi connectivity index (χ2n) is 3.66. The third-order valence-corrected chi connectivity index (χ3v) is 3.06. The first-order valence-electron chi connectivity index (χ1n) is 4.79. The summed E-state index contributed by atoms with van der Waals surface area (Å²) >= 11 is 5.96. The van der Waals surface area contributed by atoms with Crippen molar-refractivity contribution in [1.82, 2.24) is 0 Å². The van der Waals surface area contributed by atoms with Crippen LogP contribution in [0.4, 0.5) is 0 Å². The maximum Gasteiger partial charge on any atom is 0.0409 e. The van der Waals surface area contributed by atoms with Gasteiger partial charge in [-0.3, -0.25) is 0 Å². The van der Waals surface area contributed by atoms with Gasteiger partial charge in [0, 0.05) is 5.02 Å². The third kappa shape index (κ3) is 1.72. The highest BCUT2D eigenvalue weighted by Crippen LogP contribution is 2.36.